The Hall–Kier alpha value is -3.78. The van der Waals surface area contributed by atoms with Crippen molar-refractivity contribution in [3.63, 3.8) is 0 Å². The number of carbonyl (C=O) groups excluding carboxylic acids is 2. The molecule has 0 aliphatic rings. The summed E-state index contributed by atoms with van der Waals surface area (Å²) in [6.45, 7) is 6.79. The molecule has 3 aromatic rings. The summed E-state index contributed by atoms with van der Waals surface area (Å²) in [7, 11) is 3.82. The molecule has 35 heavy (non-hydrogen) atoms. The molecule has 0 aliphatic heterocycles. The number of likely N-dealkylation sites (N-methyl/N-ethyl adjacent to an activating group) is 1. The molecule has 1 amide bonds. The van der Waals surface area contributed by atoms with E-state index in [2.05, 4.69) is 16.5 Å². The Morgan fingerprint density at radius 2 is 1.71 bits per heavy atom. The molecular weight excluding hydrogens is 444 g/mol. The number of hydrogen-bond acceptors (Lipinski definition) is 6. The Morgan fingerprint density at radius 1 is 1.00 bits per heavy atom. The predicted octanol–water partition coefficient (Wildman–Crippen LogP) is 3.84. The molecule has 8 nitrogen and oxygen atoms in total. The molecule has 0 aliphatic carbocycles. The summed E-state index contributed by atoms with van der Waals surface area (Å²) < 4.78 is 6.21. The van der Waals surface area contributed by atoms with Gasteiger partial charge in [0.25, 0.3) is 5.56 Å². The Kier molecular flexibility index (Phi) is 10.8. The van der Waals surface area contributed by atoms with Crippen LogP contribution in [0.3, 0.4) is 0 Å². The van der Waals surface area contributed by atoms with E-state index in [1.165, 1.54) is 16.3 Å². The zero-order valence-corrected chi connectivity index (χ0v) is 21.1. The minimum absolute atomic E-state index is 0.163. The first-order valence-corrected chi connectivity index (χ1v) is 11.5. The number of hydrogen-bond donors (Lipinski definition) is 1. The summed E-state index contributed by atoms with van der Waals surface area (Å²) in [5.41, 5.74) is 4.41. The minimum Gasteiger partial charge on any atom is -0.450 e. The molecular formula is C27H34N4O4. The lowest BCUT2D eigenvalue weighted by Gasteiger charge is -2.08. The average Bonchev–Trinajstić information content (AvgIpc) is 2.76. The number of nitrogens with zero attached hydrogens (tertiary/aromatic N) is 3. The number of aryl methyl sites for hydroxylation is 2. The summed E-state index contributed by atoms with van der Waals surface area (Å²) in [5, 5.41) is 6.81. The summed E-state index contributed by atoms with van der Waals surface area (Å²) in [4.78, 5) is 36.5. The molecule has 1 heterocycles. The Labute approximate surface area is 206 Å². The Morgan fingerprint density at radius 3 is 2.40 bits per heavy atom. The monoisotopic (exact) mass is 478 g/mol. The predicted molar refractivity (Wildman–Crippen MR) is 138 cm³/mol. The van der Waals surface area contributed by atoms with E-state index < -0.39 is 6.09 Å². The highest BCUT2D eigenvalue weighted by Gasteiger charge is 2.05. The van der Waals surface area contributed by atoms with E-state index >= 15 is 0 Å². The molecule has 0 spiro atoms. The zero-order valence-electron chi connectivity index (χ0n) is 21.1. The third-order valence-corrected chi connectivity index (χ3v) is 4.76. The minimum atomic E-state index is -0.500. The highest BCUT2D eigenvalue weighted by molar-refractivity contribution is 5.84. The zero-order chi connectivity index (χ0) is 25.8. The standard InChI is InChI=1S/C15H17N3O3.C12H17NO/c1-3-21-15(20)16-13-6-4-5-12(9-13)10-18-14(19)8-7-11(2)17-18;1-10-5-4-6-11(7-10)8-12(14)9-13(2)3/h4-9H,3,10H2,1-2H3,(H,16,20);4-7H,8-9H2,1-3H3. The van der Waals surface area contributed by atoms with Crippen molar-refractivity contribution >= 4 is 17.6 Å². The van der Waals surface area contributed by atoms with Gasteiger partial charge in [-0.15, -0.1) is 0 Å². The molecule has 186 valence electrons. The van der Waals surface area contributed by atoms with Crippen molar-refractivity contribution in [2.24, 2.45) is 0 Å². The number of amides is 1. The van der Waals surface area contributed by atoms with Crippen LogP contribution in [0.25, 0.3) is 0 Å². The first kappa shape index (κ1) is 27.5. The van der Waals surface area contributed by atoms with Crippen LogP contribution < -0.4 is 10.9 Å². The van der Waals surface area contributed by atoms with Gasteiger partial charge in [-0.25, -0.2) is 9.48 Å². The van der Waals surface area contributed by atoms with Gasteiger partial charge >= 0.3 is 6.09 Å². The van der Waals surface area contributed by atoms with Gasteiger partial charge in [-0.05, 0) is 64.2 Å². The van der Waals surface area contributed by atoms with Crippen LogP contribution in [0.4, 0.5) is 10.5 Å². The molecule has 0 saturated carbocycles. The number of benzene rings is 2. The van der Waals surface area contributed by atoms with Crippen molar-refractivity contribution in [2.75, 3.05) is 32.6 Å². The molecule has 0 bridgehead atoms. The lowest BCUT2D eigenvalue weighted by atomic mass is 10.1. The second-order valence-electron chi connectivity index (χ2n) is 8.46. The number of nitrogens with one attached hydrogen (secondary N) is 1. The highest BCUT2D eigenvalue weighted by Crippen LogP contribution is 2.11. The lowest BCUT2D eigenvalue weighted by molar-refractivity contribution is -0.119. The first-order chi connectivity index (χ1) is 16.7. The van der Waals surface area contributed by atoms with Gasteiger partial charge in [0.15, 0.2) is 5.78 Å². The van der Waals surface area contributed by atoms with E-state index in [0.717, 1.165) is 16.8 Å². The number of Topliss-reactive ketones (excluding diaryl/α,β-unsaturated/α-hetero) is 1. The van der Waals surface area contributed by atoms with Crippen LogP contribution in [-0.2, 0) is 22.5 Å². The smallest absolute Gasteiger partial charge is 0.411 e. The summed E-state index contributed by atoms with van der Waals surface area (Å²) in [5.74, 6) is 0.264. The third kappa shape index (κ3) is 10.4. The molecule has 0 atom stereocenters. The van der Waals surface area contributed by atoms with Gasteiger partial charge < -0.3 is 9.64 Å². The van der Waals surface area contributed by atoms with Crippen molar-refractivity contribution in [3.05, 3.63) is 93.4 Å². The molecule has 0 unspecified atom stereocenters. The van der Waals surface area contributed by atoms with Crippen molar-refractivity contribution in [3.8, 4) is 0 Å². The maximum atomic E-state index is 11.7. The van der Waals surface area contributed by atoms with Gasteiger partial charge in [-0.1, -0.05) is 42.0 Å². The largest absolute Gasteiger partial charge is 0.450 e. The summed E-state index contributed by atoms with van der Waals surface area (Å²) in [6.07, 6.45) is 0.0420. The number of carbonyl (C=O) groups is 2. The van der Waals surface area contributed by atoms with Crippen molar-refractivity contribution in [2.45, 2.75) is 33.7 Å². The van der Waals surface area contributed by atoms with Gasteiger partial charge in [-0.2, -0.15) is 5.10 Å². The van der Waals surface area contributed by atoms with Crippen molar-refractivity contribution < 1.29 is 14.3 Å². The van der Waals surface area contributed by atoms with Crippen LogP contribution in [0.1, 0.15) is 29.3 Å². The van der Waals surface area contributed by atoms with Crippen molar-refractivity contribution in [1.29, 1.82) is 0 Å². The van der Waals surface area contributed by atoms with E-state index in [0.29, 0.717) is 31.8 Å². The molecule has 1 N–H and O–H groups in total. The maximum absolute atomic E-state index is 11.7. The molecule has 0 fully saturated rings. The third-order valence-electron chi connectivity index (χ3n) is 4.76. The molecule has 3 rings (SSSR count). The first-order valence-electron chi connectivity index (χ1n) is 11.5. The van der Waals surface area contributed by atoms with Crippen LogP contribution in [0.2, 0.25) is 0 Å². The maximum Gasteiger partial charge on any atom is 0.411 e. The number of aromatic nitrogens is 2. The topological polar surface area (TPSA) is 93.5 Å². The lowest BCUT2D eigenvalue weighted by Crippen LogP contribution is -2.23. The van der Waals surface area contributed by atoms with Crippen molar-refractivity contribution in [1.82, 2.24) is 14.7 Å². The normalized spacial score (nSPS) is 10.3. The average molecular weight is 479 g/mol. The van der Waals surface area contributed by atoms with E-state index in [9.17, 15) is 14.4 Å². The molecule has 2 aromatic carbocycles. The number of ketones is 1. The quantitative estimate of drug-likeness (QED) is 0.529. The van der Waals surface area contributed by atoms with Crippen LogP contribution in [-0.4, -0.2) is 53.8 Å². The number of rotatable bonds is 8. The second kappa shape index (κ2) is 13.8. The fourth-order valence-electron chi connectivity index (χ4n) is 3.33. The number of anilines is 1. The summed E-state index contributed by atoms with van der Waals surface area (Å²) in [6, 6.07) is 18.5. The van der Waals surface area contributed by atoms with E-state index in [1.54, 1.807) is 31.2 Å². The molecule has 0 saturated heterocycles. The SMILES string of the molecule is CCOC(=O)Nc1cccc(Cn2nc(C)ccc2=O)c1.Cc1cccc(CC(=O)CN(C)C)c1. The molecule has 1 aromatic heterocycles. The molecule has 0 radical (unpaired) electrons. The van der Waals surface area contributed by atoms with Crippen LogP contribution in [0, 0.1) is 13.8 Å². The Balaban J connectivity index is 0.000000269. The van der Waals surface area contributed by atoms with Gasteiger partial charge in [0.05, 0.1) is 25.4 Å². The van der Waals surface area contributed by atoms with Gasteiger partial charge in [-0.3, -0.25) is 14.9 Å². The van der Waals surface area contributed by atoms with E-state index in [-0.39, 0.29) is 11.3 Å². The van der Waals surface area contributed by atoms with Gasteiger partial charge in [0.2, 0.25) is 0 Å². The fraction of sp³-hybridized carbons (Fsp3) is 0.333. The van der Waals surface area contributed by atoms with Crippen LogP contribution in [0.15, 0.2) is 65.5 Å². The number of ether oxygens (including phenoxy) is 1. The van der Waals surface area contributed by atoms with Crippen LogP contribution >= 0.6 is 0 Å². The highest BCUT2D eigenvalue weighted by atomic mass is 16.5. The van der Waals surface area contributed by atoms with Gasteiger partial charge in [0.1, 0.15) is 0 Å². The van der Waals surface area contributed by atoms with Crippen LogP contribution in [0.5, 0.6) is 0 Å². The van der Waals surface area contributed by atoms with E-state index in [4.69, 9.17) is 4.74 Å². The molecule has 8 heteroatoms. The Bertz CT molecular complexity index is 1190. The van der Waals surface area contributed by atoms with Gasteiger partial charge in [0, 0.05) is 18.2 Å². The van der Waals surface area contributed by atoms with E-state index in [1.807, 2.05) is 57.1 Å². The summed E-state index contributed by atoms with van der Waals surface area (Å²) >= 11 is 0. The second-order valence-corrected chi connectivity index (χ2v) is 8.46. The fourth-order valence-corrected chi connectivity index (χ4v) is 3.33.